The second-order valence-corrected chi connectivity index (χ2v) is 44.1. The molecule has 0 heterocycles. The van der Waals surface area contributed by atoms with Gasteiger partial charge in [-0.05, 0) is 127 Å². The molecule has 8 atom stereocenters. The first-order valence-corrected chi connectivity index (χ1v) is 36.0. The van der Waals surface area contributed by atoms with Crippen molar-refractivity contribution < 1.29 is 20.8 Å². The number of fused-ring (bicyclic) bond motifs is 2. The predicted octanol–water partition coefficient (Wildman–Crippen LogP) is 17.7. The van der Waals surface area contributed by atoms with Gasteiger partial charge in [-0.3, -0.25) is 0 Å². The molecule has 0 saturated heterocycles. The van der Waals surface area contributed by atoms with Crippen LogP contribution in [0.15, 0.2) is 36.4 Å². The van der Waals surface area contributed by atoms with E-state index in [0.717, 1.165) is 46.6 Å². The quantitative estimate of drug-likeness (QED) is 0.207. The molecule has 0 nitrogen and oxygen atoms in total. The molecule has 4 aliphatic rings. The first-order chi connectivity index (χ1) is 25.2. The SMILES string of the molecule is CC(C)(C)c1cc(C2CCCC3C2CCC3[Si](C)(C)[Si](C)(C)C2CCC3C(c4cc(C(C)(C)C)cc(C(C)(C)C)c4)CCCC32)cc(C(C)(C)C)c1.[CH3-].[CH3-].[Cl][Zr+2][Cl]. The molecule has 0 bridgehead atoms. The van der Waals surface area contributed by atoms with Gasteiger partial charge in [-0.25, -0.2) is 0 Å². The predicted molar refractivity (Wildman–Crippen MR) is 260 cm³/mol. The Hall–Kier alpha value is 0.337. The molecule has 2 aromatic carbocycles. The summed E-state index contributed by atoms with van der Waals surface area (Å²) in [5, 5.41) is 0. The van der Waals surface area contributed by atoms with Crippen LogP contribution in [0.4, 0.5) is 0 Å². The van der Waals surface area contributed by atoms with Crippen LogP contribution >= 0.6 is 17.0 Å². The number of halogens is 2. The molecular weight excluding hydrogens is 843 g/mol. The molecule has 4 fully saturated rings. The molecule has 5 heteroatoms. The topological polar surface area (TPSA) is 0 Å². The fourth-order valence-corrected chi connectivity index (χ4v) is 27.2. The summed E-state index contributed by atoms with van der Waals surface area (Å²) in [5.74, 6) is 5.27. The Morgan fingerprint density at radius 3 is 0.930 bits per heavy atom. The van der Waals surface area contributed by atoms with Crippen LogP contribution in [0, 0.1) is 38.5 Å². The van der Waals surface area contributed by atoms with E-state index < -0.39 is 36.0 Å². The van der Waals surface area contributed by atoms with E-state index in [1.54, 1.807) is 33.4 Å². The molecule has 0 radical (unpaired) electrons. The number of hydrogen-bond donors (Lipinski definition) is 0. The van der Waals surface area contributed by atoms with Crippen molar-refractivity contribution in [2.24, 2.45) is 23.7 Å². The zero-order valence-electron chi connectivity index (χ0n) is 40.4. The van der Waals surface area contributed by atoms with Gasteiger partial charge in [-0.2, -0.15) is 0 Å². The van der Waals surface area contributed by atoms with Crippen LogP contribution in [-0.2, 0) is 42.5 Å². The van der Waals surface area contributed by atoms with E-state index in [2.05, 4.69) is 146 Å². The number of benzene rings is 2. The maximum absolute atomic E-state index is 4.93. The summed E-state index contributed by atoms with van der Waals surface area (Å²) in [7, 11) is 6.89. The Morgan fingerprint density at radius 2 is 0.684 bits per heavy atom. The van der Waals surface area contributed by atoms with Crippen LogP contribution < -0.4 is 0 Å². The molecule has 2 aromatic rings. The summed E-state index contributed by atoms with van der Waals surface area (Å²) in [6.45, 7) is 40.8. The molecule has 57 heavy (non-hydrogen) atoms. The van der Waals surface area contributed by atoms with E-state index in [1.165, 1.54) is 64.2 Å². The molecule has 0 spiro atoms. The summed E-state index contributed by atoms with van der Waals surface area (Å²) in [6, 6.07) is 15.7. The van der Waals surface area contributed by atoms with Gasteiger partial charge in [0.05, 0.1) is 0 Å². The van der Waals surface area contributed by atoms with Gasteiger partial charge in [0.1, 0.15) is 0 Å². The van der Waals surface area contributed by atoms with E-state index in [4.69, 9.17) is 17.0 Å². The Bertz CT molecular complexity index is 1430. The van der Waals surface area contributed by atoms with E-state index >= 15 is 0 Å². The molecule has 0 amide bonds. The maximum atomic E-state index is 4.93. The van der Waals surface area contributed by atoms with E-state index in [9.17, 15) is 0 Å². The van der Waals surface area contributed by atoms with Gasteiger partial charge >= 0.3 is 37.9 Å². The Balaban J connectivity index is 0.00000169. The van der Waals surface area contributed by atoms with Gasteiger partial charge < -0.3 is 14.9 Å². The van der Waals surface area contributed by atoms with E-state index in [-0.39, 0.29) is 36.5 Å². The van der Waals surface area contributed by atoms with Crippen molar-refractivity contribution in [2.45, 2.75) is 218 Å². The van der Waals surface area contributed by atoms with Crippen LogP contribution in [0.1, 0.15) is 193 Å². The zero-order chi connectivity index (χ0) is 41.1. The summed E-state index contributed by atoms with van der Waals surface area (Å²) in [6.07, 6.45) is 14.8. The summed E-state index contributed by atoms with van der Waals surface area (Å²) < 4.78 is 0. The normalized spacial score (nSPS) is 28.2. The van der Waals surface area contributed by atoms with Crippen molar-refractivity contribution in [3.63, 3.8) is 0 Å². The molecule has 0 N–H and O–H groups in total. The van der Waals surface area contributed by atoms with Crippen LogP contribution in [0.25, 0.3) is 0 Å². The van der Waals surface area contributed by atoms with Crippen molar-refractivity contribution in [3.05, 3.63) is 84.6 Å². The van der Waals surface area contributed by atoms with Crippen LogP contribution in [0.2, 0.25) is 37.3 Å². The minimum absolute atomic E-state index is 0. The Morgan fingerprint density at radius 1 is 0.421 bits per heavy atom. The summed E-state index contributed by atoms with van der Waals surface area (Å²) in [5.41, 5.74) is 12.4. The second-order valence-electron chi connectivity index (χ2n) is 24.3. The third kappa shape index (κ3) is 10.9. The molecule has 0 aliphatic heterocycles. The van der Waals surface area contributed by atoms with Crippen molar-refractivity contribution >= 4 is 32.2 Å². The fourth-order valence-electron chi connectivity index (χ4n) is 12.6. The Kier molecular flexibility index (Phi) is 17.2. The minimum atomic E-state index is -1.49. The molecular formula is C52H88Cl2Si2Zr. The first kappa shape index (κ1) is 51.7. The van der Waals surface area contributed by atoms with E-state index in [1.807, 2.05) is 0 Å². The van der Waals surface area contributed by atoms with Crippen molar-refractivity contribution in [2.75, 3.05) is 0 Å². The third-order valence-electron chi connectivity index (χ3n) is 16.6. The second kappa shape index (κ2) is 19.0. The van der Waals surface area contributed by atoms with Crippen LogP contribution in [0.5, 0.6) is 0 Å². The molecule has 6 rings (SSSR count). The molecule has 322 valence electrons. The molecule has 4 saturated carbocycles. The van der Waals surface area contributed by atoms with Crippen LogP contribution in [0.3, 0.4) is 0 Å². The fraction of sp³-hybridized carbons (Fsp3) is 0.731. The standard InChI is InChI=1S/C50H82Si2.2CH3.2ClH.Zr/c1-47(2,3)35-27-33(28-36(31-35)48(4,5)6)39-19-17-21-43-41(39)23-25-45(43)51(13,14)52(15,16)46-26-24-42-40(20-18-22-44(42)46)34-29-37(49(7,8)9)32-38(30-34)50(10,11)12;;;;;/h27-32,39-46H,17-26H2,1-16H3;2*1H3;2*1H;/q;2*-1;;;+4/p-2. The monoisotopic (exact) mass is 928 g/mol. The van der Waals surface area contributed by atoms with Gasteiger partial charge in [0.2, 0.25) is 0 Å². The van der Waals surface area contributed by atoms with Crippen molar-refractivity contribution in [3.8, 4) is 0 Å². The first-order valence-electron chi connectivity index (χ1n) is 22.5. The third-order valence-corrected chi connectivity index (χ3v) is 37.3. The average Bonchev–Trinajstić information content (AvgIpc) is 3.72. The number of rotatable bonds is 5. The molecule has 0 aromatic heterocycles. The van der Waals surface area contributed by atoms with Crippen molar-refractivity contribution in [1.29, 1.82) is 0 Å². The van der Waals surface area contributed by atoms with Gasteiger partial charge in [-0.15, -0.1) is 0 Å². The summed E-state index contributed by atoms with van der Waals surface area (Å²) in [4.78, 5) is 0. The van der Waals surface area contributed by atoms with Gasteiger partial charge in [0.25, 0.3) is 0 Å². The van der Waals surface area contributed by atoms with Gasteiger partial charge in [-0.1, -0.05) is 184 Å². The summed E-state index contributed by atoms with van der Waals surface area (Å²) >= 11 is -0.826. The average molecular weight is 932 g/mol. The Labute approximate surface area is 376 Å². The van der Waals surface area contributed by atoms with Crippen molar-refractivity contribution in [1.82, 2.24) is 0 Å². The molecule has 4 aliphatic carbocycles. The zero-order valence-corrected chi connectivity index (χ0v) is 46.4. The van der Waals surface area contributed by atoms with Crippen LogP contribution in [-0.4, -0.2) is 15.2 Å². The molecule has 8 unspecified atom stereocenters. The van der Waals surface area contributed by atoms with E-state index in [0.29, 0.717) is 0 Å². The van der Waals surface area contributed by atoms with Gasteiger partial charge in [0, 0.05) is 15.2 Å². The van der Waals surface area contributed by atoms with Gasteiger partial charge in [0.15, 0.2) is 0 Å². The number of hydrogen-bond acceptors (Lipinski definition) is 0.